The van der Waals surface area contributed by atoms with E-state index in [1.807, 2.05) is 24.3 Å². The Balaban J connectivity index is 2.03. The highest BCUT2D eigenvalue weighted by atomic mass is 16.3. The highest BCUT2D eigenvalue weighted by molar-refractivity contribution is 5.49. The summed E-state index contributed by atoms with van der Waals surface area (Å²) < 4.78 is 6.76. The standard InChI is InChI=1S/C11H16N2O/c1-12-6-8-13(9-7-12)10-2-4-11(14)5-3-10/h2-5,14H,6-9H2,1H3/i/hD. The zero-order valence-electron chi connectivity index (χ0n) is 9.44. The topological polar surface area (TPSA) is 26.7 Å². The normalized spacial score (nSPS) is 19.2. The molecule has 2 rings (SSSR count). The fourth-order valence-corrected chi connectivity index (χ4v) is 1.72. The second-order valence-electron chi connectivity index (χ2n) is 3.78. The zero-order valence-corrected chi connectivity index (χ0v) is 8.44. The van der Waals surface area contributed by atoms with E-state index in [-0.39, 0.29) is 0 Å². The zero-order chi connectivity index (χ0) is 10.7. The number of rotatable bonds is 2. The predicted molar refractivity (Wildman–Crippen MR) is 57.8 cm³/mol. The van der Waals surface area contributed by atoms with Crippen molar-refractivity contribution in [3.05, 3.63) is 24.3 Å². The highest BCUT2D eigenvalue weighted by Gasteiger charge is 2.13. The van der Waals surface area contributed by atoms with Crippen molar-refractivity contribution in [2.75, 3.05) is 38.1 Å². The molecule has 76 valence electrons. The van der Waals surface area contributed by atoms with E-state index >= 15 is 0 Å². The Hall–Kier alpha value is -1.22. The number of anilines is 1. The third-order valence-electron chi connectivity index (χ3n) is 2.71. The molecule has 1 heterocycles. The minimum absolute atomic E-state index is 0.591. The summed E-state index contributed by atoms with van der Waals surface area (Å²) in [6, 6.07) is 7.69. The summed E-state index contributed by atoms with van der Waals surface area (Å²) >= 11 is 0. The number of aromatic hydroxyl groups is 1. The van der Waals surface area contributed by atoms with Crippen LogP contribution in [0.15, 0.2) is 24.3 Å². The van der Waals surface area contributed by atoms with Crippen LogP contribution in [0.3, 0.4) is 0 Å². The van der Waals surface area contributed by atoms with Gasteiger partial charge in [-0.15, -0.1) is 0 Å². The van der Waals surface area contributed by atoms with Crippen molar-refractivity contribution in [2.45, 2.75) is 0 Å². The molecule has 0 saturated carbocycles. The van der Waals surface area contributed by atoms with Gasteiger partial charge in [0.25, 0.3) is 1.43 Å². The first kappa shape index (κ1) is 8.12. The van der Waals surface area contributed by atoms with Crippen LogP contribution in [0, 0.1) is 0 Å². The van der Waals surface area contributed by atoms with Crippen LogP contribution in [0.5, 0.6) is 5.75 Å². The molecular formula is C11H16N2O. The molecule has 0 atom stereocenters. The van der Waals surface area contributed by atoms with Gasteiger partial charge in [0.15, 0.2) is 0 Å². The fraction of sp³-hybridized carbons (Fsp3) is 0.455. The van der Waals surface area contributed by atoms with Gasteiger partial charge in [0, 0.05) is 31.9 Å². The summed E-state index contributed by atoms with van der Waals surface area (Å²) in [7, 11) is 2.15. The van der Waals surface area contributed by atoms with Crippen molar-refractivity contribution in [3.8, 4) is 5.75 Å². The Morgan fingerprint density at radius 2 is 1.79 bits per heavy atom. The number of phenolic OH excluding ortho intramolecular Hbond substituents is 1. The van der Waals surface area contributed by atoms with E-state index in [0.717, 1.165) is 26.2 Å². The third-order valence-corrected chi connectivity index (χ3v) is 2.71. The molecule has 1 fully saturated rings. The Labute approximate surface area is 86.1 Å². The molecule has 0 spiro atoms. The molecule has 0 aromatic heterocycles. The molecule has 3 nitrogen and oxygen atoms in total. The summed E-state index contributed by atoms with van der Waals surface area (Å²) in [4.78, 5) is 4.69. The van der Waals surface area contributed by atoms with Gasteiger partial charge in [-0.05, 0) is 31.3 Å². The van der Waals surface area contributed by atoms with Crippen LogP contribution in [0.4, 0.5) is 5.69 Å². The van der Waals surface area contributed by atoms with E-state index in [0.29, 0.717) is 5.75 Å². The Morgan fingerprint density at radius 1 is 1.14 bits per heavy atom. The molecule has 0 amide bonds. The van der Waals surface area contributed by atoms with E-state index < -0.39 is 0 Å². The molecule has 14 heavy (non-hydrogen) atoms. The molecule has 1 N–H and O–H groups in total. The van der Waals surface area contributed by atoms with Crippen molar-refractivity contribution in [3.63, 3.8) is 0 Å². The first-order valence-corrected chi connectivity index (χ1v) is 4.96. The van der Waals surface area contributed by atoms with Gasteiger partial charge in [-0.3, -0.25) is 0 Å². The lowest BCUT2D eigenvalue weighted by Gasteiger charge is -2.34. The van der Waals surface area contributed by atoms with Gasteiger partial charge < -0.3 is 14.9 Å². The number of piperazine rings is 1. The van der Waals surface area contributed by atoms with Crippen LogP contribution in [-0.2, 0) is 0 Å². The lowest BCUT2D eigenvalue weighted by molar-refractivity contribution is 0.313. The molecule has 0 radical (unpaired) electrons. The van der Waals surface area contributed by atoms with Crippen molar-refractivity contribution >= 4 is 5.69 Å². The van der Waals surface area contributed by atoms with Gasteiger partial charge in [0.2, 0.25) is 0 Å². The largest absolute Gasteiger partial charge is 0.508 e. The summed E-state index contributed by atoms with van der Waals surface area (Å²) in [6.07, 6.45) is 0. The molecule has 0 aliphatic carbocycles. The van der Waals surface area contributed by atoms with E-state index in [4.69, 9.17) is 1.43 Å². The van der Waals surface area contributed by atoms with Crippen LogP contribution < -0.4 is 4.90 Å². The summed E-state index contributed by atoms with van der Waals surface area (Å²) in [5, 5.41) is 4.40. The van der Waals surface area contributed by atoms with Crippen LogP contribution in [0.25, 0.3) is 0 Å². The average Bonchev–Trinajstić information content (AvgIpc) is 2.30. The molecule has 0 bridgehead atoms. The molecule has 3 heteroatoms. The van der Waals surface area contributed by atoms with Crippen LogP contribution in [0.1, 0.15) is 0 Å². The molecule has 1 aliphatic rings. The molecule has 1 saturated heterocycles. The molecule has 0 unspecified atom stereocenters. The van der Waals surface area contributed by atoms with Gasteiger partial charge in [0.05, 0.1) is 0 Å². The van der Waals surface area contributed by atoms with Gasteiger partial charge in [-0.2, -0.15) is 0 Å². The number of benzene rings is 1. The van der Waals surface area contributed by atoms with E-state index in [1.165, 1.54) is 5.69 Å². The lowest BCUT2D eigenvalue weighted by atomic mass is 10.2. The van der Waals surface area contributed by atoms with Gasteiger partial charge in [-0.25, -0.2) is 0 Å². The van der Waals surface area contributed by atoms with Gasteiger partial charge in [0.1, 0.15) is 5.75 Å². The van der Waals surface area contributed by atoms with E-state index in [2.05, 4.69) is 22.0 Å². The summed E-state index contributed by atoms with van der Waals surface area (Å²) in [6.45, 7) is 4.35. The van der Waals surface area contributed by atoms with Crippen LogP contribution in [0.2, 0.25) is 0 Å². The predicted octanol–water partition coefficient (Wildman–Crippen LogP) is 1.14. The fourth-order valence-electron chi connectivity index (χ4n) is 1.72. The maximum atomic E-state index is 6.76. The Kier molecular flexibility index (Phi) is 2.25. The molecule has 1 aromatic rings. The van der Waals surface area contributed by atoms with Gasteiger partial charge in [-0.1, -0.05) is 0 Å². The Bertz CT molecular complexity index is 307. The van der Waals surface area contributed by atoms with Crippen molar-refractivity contribution in [2.24, 2.45) is 0 Å². The monoisotopic (exact) mass is 193 g/mol. The maximum absolute atomic E-state index is 6.76. The van der Waals surface area contributed by atoms with E-state index in [9.17, 15) is 0 Å². The van der Waals surface area contributed by atoms with Crippen molar-refractivity contribution < 1.29 is 5.11 Å². The van der Waals surface area contributed by atoms with Crippen LogP contribution in [-0.4, -0.2) is 44.7 Å². The smallest absolute Gasteiger partial charge is 0.293 e. The van der Waals surface area contributed by atoms with Crippen molar-refractivity contribution in [1.29, 1.82) is 1.43 Å². The average molecular weight is 193 g/mol. The Morgan fingerprint density at radius 3 is 2.36 bits per heavy atom. The molecular weight excluding hydrogens is 176 g/mol. The van der Waals surface area contributed by atoms with E-state index in [1.54, 1.807) is 0 Å². The highest BCUT2D eigenvalue weighted by Crippen LogP contribution is 2.19. The van der Waals surface area contributed by atoms with Gasteiger partial charge >= 0.3 is 0 Å². The van der Waals surface area contributed by atoms with Crippen LogP contribution >= 0.6 is 0 Å². The first-order valence-electron chi connectivity index (χ1n) is 5.37. The lowest BCUT2D eigenvalue weighted by Crippen LogP contribution is -2.44. The number of likely N-dealkylation sites (N-methyl/N-ethyl adjacent to an activating group) is 1. The maximum Gasteiger partial charge on any atom is 0.293 e. The van der Waals surface area contributed by atoms with Crippen molar-refractivity contribution in [1.82, 2.24) is 4.90 Å². The number of hydrogen-bond donors (Lipinski definition) is 1. The third kappa shape index (κ3) is 1.99. The SMILES string of the molecule is [2H]Oc1ccc(N2CCN(C)CC2)cc1. The number of phenols is 1. The number of nitrogens with zero attached hydrogens (tertiary/aromatic N) is 2. The minimum atomic E-state index is 0.591. The second-order valence-corrected chi connectivity index (χ2v) is 3.78. The summed E-state index contributed by atoms with van der Waals surface area (Å²) in [5.74, 6) is 0.591. The second kappa shape index (κ2) is 3.88. The minimum Gasteiger partial charge on any atom is -0.508 e. The summed E-state index contributed by atoms with van der Waals surface area (Å²) in [5.41, 5.74) is 1.21. The quantitative estimate of drug-likeness (QED) is 0.763. The first-order chi connectivity index (χ1) is 7.29. The molecule has 1 aliphatic heterocycles. The number of hydrogen-bond acceptors (Lipinski definition) is 3. The molecule has 1 aromatic carbocycles.